The van der Waals surface area contributed by atoms with Gasteiger partial charge < -0.3 is 14.4 Å². The Bertz CT molecular complexity index is 804. The molecule has 2 aromatic heterocycles. The average molecular weight is 347 g/mol. The number of nitrogens with zero attached hydrogens (tertiary/aromatic N) is 3. The molecule has 0 spiro atoms. The van der Waals surface area contributed by atoms with Crippen LogP contribution in [0.2, 0.25) is 0 Å². The van der Waals surface area contributed by atoms with Crippen molar-refractivity contribution in [1.29, 1.82) is 0 Å². The Kier molecular flexibility index (Phi) is 4.49. The van der Waals surface area contributed by atoms with E-state index in [4.69, 9.17) is 9.47 Å². The molecule has 0 aromatic carbocycles. The van der Waals surface area contributed by atoms with Gasteiger partial charge >= 0.3 is 6.09 Å². The van der Waals surface area contributed by atoms with E-state index in [1.165, 1.54) is 19.4 Å². The number of rotatable bonds is 2. The summed E-state index contributed by atoms with van der Waals surface area (Å²) in [5.74, 6) is -0.0230. The number of amides is 1. The van der Waals surface area contributed by atoms with Crippen LogP contribution in [0.5, 0.6) is 5.88 Å². The van der Waals surface area contributed by atoms with Crippen LogP contribution in [0, 0.1) is 5.82 Å². The predicted octanol–water partition coefficient (Wildman–Crippen LogP) is 3.50. The summed E-state index contributed by atoms with van der Waals surface area (Å²) in [6, 6.07) is 3.19. The first-order chi connectivity index (χ1) is 11.8. The summed E-state index contributed by atoms with van der Waals surface area (Å²) in [5.41, 5.74) is 0.890. The summed E-state index contributed by atoms with van der Waals surface area (Å²) in [7, 11) is 1.50. The highest BCUT2D eigenvalue weighted by atomic mass is 19.1. The lowest BCUT2D eigenvalue weighted by Gasteiger charge is -2.24. The number of aromatic nitrogens is 2. The first-order valence-corrected chi connectivity index (χ1v) is 8.25. The number of fused-ring (bicyclic) bond motifs is 1. The predicted molar refractivity (Wildman–Crippen MR) is 91.2 cm³/mol. The van der Waals surface area contributed by atoms with Crippen molar-refractivity contribution in [3.8, 4) is 5.88 Å². The van der Waals surface area contributed by atoms with Crippen LogP contribution in [0.1, 0.15) is 38.8 Å². The summed E-state index contributed by atoms with van der Waals surface area (Å²) in [5, 5.41) is 0.535. The summed E-state index contributed by atoms with van der Waals surface area (Å²) in [6.07, 6.45) is 1.64. The number of likely N-dealkylation sites (tertiary alicyclic amines) is 1. The Morgan fingerprint density at radius 2 is 2.12 bits per heavy atom. The molecular weight excluding hydrogens is 325 g/mol. The third kappa shape index (κ3) is 3.81. The summed E-state index contributed by atoms with van der Waals surface area (Å²) in [6.45, 7) is 6.67. The first-order valence-electron chi connectivity index (χ1n) is 8.25. The number of ether oxygens (including phenoxy) is 2. The summed E-state index contributed by atoms with van der Waals surface area (Å²) >= 11 is 0. The van der Waals surface area contributed by atoms with E-state index in [9.17, 15) is 9.18 Å². The topological polar surface area (TPSA) is 64.5 Å². The van der Waals surface area contributed by atoms with Gasteiger partial charge in [0.2, 0.25) is 5.88 Å². The zero-order valence-electron chi connectivity index (χ0n) is 14.9. The maximum atomic E-state index is 13.4. The van der Waals surface area contributed by atoms with Crippen LogP contribution >= 0.6 is 0 Å². The van der Waals surface area contributed by atoms with E-state index in [1.54, 1.807) is 4.90 Å². The third-order valence-electron chi connectivity index (χ3n) is 4.08. The van der Waals surface area contributed by atoms with E-state index in [1.807, 2.05) is 26.8 Å². The van der Waals surface area contributed by atoms with E-state index < -0.39 is 11.4 Å². The van der Waals surface area contributed by atoms with Crippen molar-refractivity contribution in [1.82, 2.24) is 14.9 Å². The van der Waals surface area contributed by atoms with Gasteiger partial charge in [0.15, 0.2) is 0 Å². The lowest BCUT2D eigenvalue weighted by Crippen LogP contribution is -2.35. The minimum Gasteiger partial charge on any atom is -0.480 e. The fourth-order valence-corrected chi connectivity index (χ4v) is 2.94. The molecule has 3 heterocycles. The van der Waals surface area contributed by atoms with E-state index in [0.717, 1.165) is 12.1 Å². The minimum atomic E-state index is -0.520. The molecule has 1 unspecified atom stereocenters. The van der Waals surface area contributed by atoms with Gasteiger partial charge in [0, 0.05) is 19.0 Å². The maximum Gasteiger partial charge on any atom is 0.410 e. The molecule has 1 amide bonds. The molecule has 6 nitrogen and oxygen atoms in total. The van der Waals surface area contributed by atoms with Gasteiger partial charge in [0.1, 0.15) is 11.4 Å². The zero-order valence-corrected chi connectivity index (χ0v) is 14.9. The number of hydrogen-bond acceptors (Lipinski definition) is 5. The second-order valence-electron chi connectivity index (χ2n) is 7.19. The van der Waals surface area contributed by atoms with Crippen molar-refractivity contribution >= 4 is 17.0 Å². The second kappa shape index (κ2) is 6.46. The fraction of sp³-hybridized carbons (Fsp3) is 0.500. The van der Waals surface area contributed by atoms with Crippen LogP contribution in [0.3, 0.4) is 0 Å². The Morgan fingerprint density at radius 1 is 1.36 bits per heavy atom. The Morgan fingerprint density at radius 3 is 2.80 bits per heavy atom. The average Bonchev–Trinajstić information content (AvgIpc) is 3.02. The number of halogens is 1. The SMILES string of the molecule is COc1nc(C2CCN(C(=O)OC(C)(C)C)C2)cc2ncc(F)cc12. The Hall–Kier alpha value is -2.44. The standard InChI is InChI=1S/C18H22FN3O3/c1-18(2,3)25-17(23)22-6-5-11(10-22)14-8-15-13(16(21-14)24-4)7-12(19)9-20-15/h7-9,11H,5-6,10H2,1-4H3. The monoisotopic (exact) mass is 347 g/mol. The van der Waals surface area contributed by atoms with E-state index in [2.05, 4.69) is 9.97 Å². The molecule has 1 aliphatic heterocycles. The molecule has 7 heteroatoms. The molecule has 0 aliphatic carbocycles. The van der Waals surface area contributed by atoms with Gasteiger partial charge in [0.25, 0.3) is 0 Å². The van der Waals surface area contributed by atoms with Crippen molar-refractivity contribution in [3.05, 3.63) is 29.8 Å². The summed E-state index contributed by atoms with van der Waals surface area (Å²) in [4.78, 5) is 22.5. The van der Waals surface area contributed by atoms with Crippen molar-refractivity contribution < 1.29 is 18.7 Å². The van der Waals surface area contributed by atoms with Crippen molar-refractivity contribution in [2.24, 2.45) is 0 Å². The van der Waals surface area contributed by atoms with Gasteiger partial charge in [-0.1, -0.05) is 0 Å². The van der Waals surface area contributed by atoms with Crippen LogP contribution in [-0.2, 0) is 4.74 Å². The highest BCUT2D eigenvalue weighted by Crippen LogP contribution is 2.32. The minimum absolute atomic E-state index is 0.0673. The molecule has 0 saturated carbocycles. The fourth-order valence-electron chi connectivity index (χ4n) is 2.94. The van der Waals surface area contributed by atoms with Crippen molar-refractivity contribution in [2.75, 3.05) is 20.2 Å². The molecule has 134 valence electrons. The molecule has 1 saturated heterocycles. The van der Waals surface area contributed by atoms with Gasteiger partial charge in [-0.3, -0.25) is 4.98 Å². The zero-order chi connectivity index (χ0) is 18.2. The van der Waals surface area contributed by atoms with Crippen LogP contribution in [0.4, 0.5) is 9.18 Å². The van der Waals surface area contributed by atoms with Crippen LogP contribution < -0.4 is 4.74 Å². The van der Waals surface area contributed by atoms with Gasteiger partial charge in [-0.05, 0) is 39.3 Å². The first kappa shape index (κ1) is 17.4. The Balaban J connectivity index is 1.83. The van der Waals surface area contributed by atoms with E-state index in [0.29, 0.717) is 29.9 Å². The second-order valence-corrected chi connectivity index (χ2v) is 7.19. The number of carbonyl (C=O) groups is 1. The van der Waals surface area contributed by atoms with Gasteiger partial charge in [-0.15, -0.1) is 0 Å². The highest BCUT2D eigenvalue weighted by Gasteiger charge is 2.31. The van der Waals surface area contributed by atoms with Gasteiger partial charge in [-0.25, -0.2) is 14.2 Å². The third-order valence-corrected chi connectivity index (χ3v) is 4.08. The van der Waals surface area contributed by atoms with Crippen molar-refractivity contribution in [3.63, 3.8) is 0 Å². The van der Waals surface area contributed by atoms with Crippen molar-refractivity contribution in [2.45, 2.75) is 38.7 Å². The molecule has 2 aromatic rings. The number of hydrogen-bond donors (Lipinski definition) is 0. The molecule has 25 heavy (non-hydrogen) atoms. The Labute approximate surface area is 146 Å². The molecular formula is C18H22FN3O3. The molecule has 0 N–H and O–H groups in total. The van der Waals surface area contributed by atoms with E-state index >= 15 is 0 Å². The smallest absolute Gasteiger partial charge is 0.410 e. The molecule has 1 aliphatic rings. The lowest BCUT2D eigenvalue weighted by atomic mass is 10.0. The highest BCUT2D eigenvalue weighted by molar-refractivity contribution is 5.83. The normalized spacial score (nSPS) is 17.8. The molecule has 1 atom stereocenters. The lowest BCUT2D eigenvalue weighted by molar-refractivity contribution is 0.0292. The van der Waals surface area contributed by atoms with Gasteiger partial charge in [0.05, 0.1) is 29.9 Å². The number of methoxy groups -OCH3 is 1. The van der Waals surface area contributed by atoms with E-state index in [-0.39, 0.29) is 12.0 Å². The largest absolute Gasteiger partial charge is 0.480 e. The van der Waals surface area contributed by atoms with Crippen LogP contribution in [0.15, 0.2) is 18.3 Å². The molecule has 3 rings (SSSR count). The molecule has 0 bridgehead atoms. The molecule has 1 fully saturated rings. The quantitative estimate of drug-likeness (QED) is 0.832. The summed E-state index contributed by atoms with van der Waals surface area (Å²) < 4.78 is 24.1. The van der Waals surface area contributed by atoms with Crippen LogP contribution in [0.25, 0.3) is 10.9 Å². The maximum absolute atomic E-state index is 13.4. The van der Waals surface area contributed by atoms with Crippen LogP contribution in [-0.4, -0.2) is 46.8 Å². The number of carbonyl (C=O) groups excluding carboxylic acids is 1. The molecule has 0 radical (unpaired) electrons. The van der Waals surface area contributed by atoms with Gasteiger partial charge in [-0.2, -0.15) is 0 Å². The number of pyridine rings is 2.